The average Bonchev–Trinajstić information content (AvgIpc) is 3.63. The number of anilines is 6. The van der Waals surface area contributed by atoms with Gasteiger partial charge in [0.05, 0.1) is 14.9 Å². The first kappa shape index (κ1) is 22.0. The van der Waals surface area contributed by atoms with Gasteiger partial charge in [-0.3, -0.25) is 9.59 Å². The molecule has 8 nitrogen and oxygen atoms in total. The standard InChI is InChI=1S/C23H23IN6O2/c1-14(31)30(2)17-11-9-16(10-12-17)26-23-25-13-18(24)21(29-23)27-19-5-3-4-6-20(19)28-22(32)15-7-8-15/h3-6,9-13,15H,7-8H2,1-2H3,(H,28,32)(H2,25,26,27,29). The summed E-state index contributed by atoms with van der Waals surface area (Å²) in [7, 11) is 1.73. The van der Waals surface area contributed by atoms with E-state index in [2.05, 4.69) is 48.5 Å². The Labute approximate surface area is 200 Å². The lowest BCUT2D eigenvalue weighted by atomic mass is 10.2. The number of nitrogens with one attached hydrogen (secondary N) is 3. The van der Waals surface area contributed by atoms with Gasteiger partial charge in [0.2, 0.25) is 17.8 Å². The molecule has 0 atom stereocenters. The molecule has 0 bridgehead atoms. The van der Waals surface area contributed by atoms with Crippen molar-refractivity contribution >= 4 is 68.9 Å². The third kappa shape index (κ3) is 5.34. The van der Waals surface area contributed by atoms with E-state index in [1.54, 1.807) is 18.1 Å². The number of para-hydroxylation sites is 2. The summed E-state index contributed by atoms with van der Waals surface area (Å²) in [4.78, 5) is 34.3. The van der Waals surface area contributed by atoms with Crippen LogP contribution in [0.25, 0.3) is 0 Å². The lowest BCUT2D eigenvalue weighted by Crippen LogP contribution is -2.22. The van der Waals surface area contributed by atoms with E-state index in [1.807, 2.05) is 48.5 Å². The van der Waals surface area contributed by atoms with Gasteiger partial charge in [-0.15, -0.1) is 0 Å². The molecular weight excluding hydrogens is 519 g/mol. The summed E-state index contributed by atoms with van der Waals surface area (Å²) in [5, 5.41) is 9.49. The number of nitrogens with zero attached hydrogens (tertiary/aromatic N) is 3. The molecule has 0 saturated heterocycles. The highest BCUT2D eigenvalue weighted by atomic mass is 127. The molecular formula is C23H23IN6O2. The maximum atomic E-state index is 12.2. The van der Waals surface area contributed by atoms with Crippen LogP contribution in [0.1, 0.15) is 19.8 Å². The van der Waals surface area contributed by atoms with Crippen molar-refractivity contribution in [3.63, 3.8) is 0 Å². The van der Waals surface area contributed by atoms with E-state index in [9.17, 15) is 9.59 Å². The fourth-order valence-electron chi connectivity index (χ4n) is 3.00. The minimum Gasteiger partial charge on any atom is -0.337 e. The number of hydrogen-bond donors (Lipinski definition) is 3. The predicted molar refractivity (Wildman–Crippen MR) is 135 cm³/mol. The second-order valence-electron chi connectivity index (χ2n) is 7.57. The Hall–Kier alpha value is -3.21. The molecule has 1 aliphatic rings. The molecule has 3 aromatic rings. The molecule has 1 saturated carbocycles. The minimum absolute atomic E-state index is 0.0315. The van der Waals surface area contributed by atoms with Crippen LogP contribution in [-0.2, 0) is 9.59 Å². The average molecular weight is 542 g/mol. The number of benzene rings is 2. The summed E-state index contributed by atoms with van der Waals surface area (Å²) in [5.41, 5.74) is 3.09. The van der Waals surface area contributed by atoms with Gasteiger partial charge in [-0.1, -0.05) is 12.1 Å². The normalized spacial score (nSPS) is 12.7. The van der Waals surface area contributed by atoms with Crippen molar-refractivity contribution in [2.75, 3.05) is 27.9 Å². The number of rotatable bonds is 7. The van der Waals surface area contributed by atoms with Crippen molar-refractivity contribution in [3.05, 3.63) is 58.3 Å². The van der Waals surface area contributed by atoms with Crippen molar-refractivity contribution < 1.29 is 9.59 Å². The van der Waals surface area contributed by atoms with E-state index >= 15 is 0 Å². The molecule has 0 unspecified atom stereocenters. The zero-order valence-electron chi connectivity index (χ0n) is 17.7. The van der Waals surface area contributed by atoms with E-state index < -0.39 is 0 Å². The van der Waals surface area contributed by atoms with Crippen LogP contribution in [0.3, 0.4) is 0 Å². The van der Waals surface area contributed by atoms with Crippen molar-refractivity contribution in [2.24, 2.45) is 5.92 Å². The van der Waals surface area contributed by atoms with Gasteiger partial charge in [0, 0.05) is 37.5 Å². The number of halogens is 1. The summed E-state index contributed by atoms with van der Waals surface area (Å²) >= 11 is 2.17. The summed E-state index contributed by atoms with van der Waals surface area (Å²) < 4.78 is 0.843. The second-order valence-corrected chi connectivity index (χ2v) is 8.74. The van der Waals surface area contributed by atoms with Crippen LogP contribution < -0.4 is 20.9 Å². The van der Waals surface area contributed by atoms with Crippen LogP contribution in [0, 0.1) is 9.49 Å². The highest BCUT2D eigenvalue weighted by molar-refractivity contribution is 14.1. The molecule has 4 rings (SSSR count). The molecule has 1 aliphatic carbocycles. The van der Waals surface area contributed by atoms with Crippen LogP contribution >= 0.6 is 22.6 Å². The number of carbonyl (C=O) groups excluding carboxylic acids is 2. The zero-order chi connectivity index (χ0) is 22.7. The van der Waals surface area contributed by atoms with Crippen LogP contribution in [0.15, 0.2) is 54.7 Å². The van der Waals surface area contributed by atoms with Crippen molar-refractivity contribution in [2.45, 2.75) is 19.8 Å². The fraction of sp³-hybridized carbons (Fsp3) is 0.217. The van der Waals surface area contributed by atoms with Gasteiger partial charge in [-0.05, 0) is 71.8 Å². The Morgan fingerprint density at radius 2 is 1.72 bits per heavy atom. The topological polar surface area (TPSA) is 99.3 Å². The Morgan fingerprint density at radius 1 is 1.03 bits per heavy atom. The van der Waals surface area contributed by atoms with E-state index in [-0.39, 0.29) is 17.7 Å². The number of hydrogen-bond acceptors (Lipinski definition) is 6. The van der Waals surface area contributed by atoms with Gasteiger partial charge in [-0.25, -0.2) is 4.98 Å². The Balaban J connectivity index is 1.50. The van der Waals surface area contributed by atoms with Crippen LogP contribution in [-0.4, -0.2) is 28.8 Å². The quantitative estimate of drug-likeness (QED) is 0.368. The fourth-order valence-corrected chi connectivity index (χ4v) is 3.40. The van der Waals surface area contributed by atoms with E-state index in [0.717, 1.165) is 39.2 Å². The summed E-state index contributed by atoms with van der Waals surface area (Å²) in [5.74, 6) is 1.21. The Kier molecular flexibility index (Phi) is 6.54. The van der Waals surface area contributed by atoms with E-state index in [0.29, 0.717) is 11.8 Å². The molecule has 164 valence electrons. The first-order valence-electron chi connectivity index (χ1n) is 10.2. The molecule has 0 spiro atoms. The van der Waals surface area contributed by atoms with Crippen molar-refractivity contribution in [1.29, 1.82) is 0 Å². The predicted octanol–water partition coefficient (Wildman–Crippen LogP) is 4.90. The van der Waals surface area contributed by atoms with Crippen molar-refractivity contribution in [1.82, 2.24) is 9.97 Å². The van der Waals surface area contributed by atoms with Crippen molar-refractivity contribution in [3.8, 4) is 0 Å². The molecule has 32 heavy (non-hydrogen) atoms. The van der Waals surface area contributed by atoms with Gasteiger partial charge >= 0.3 is 0 Å². The van der Waals surface area contributed by atoms with E-state index in [4.69, 9.17) is 0 Å². The Morgan fingerprint density at radius 3 is 2.38 bits per heavy atom. The molecule has 1 fully saturated rings. The molecule has 3 N–H and O–H groups in total. The monoisotopic (exact) mass is 542 g/mol. The Bertz CT molecular complexity index is 1150. The van der Waals surface area contributed by atoms with Gasteiger partial charge < -0.3 is 20.9 Å². The molecule has 0 radical (unpaired) electrons. The molecule has 1 aromatic heterocycles. The lowest BCUT2D eigenvalue weighted by molar-refractivity contribution is -0.117. The summed E-state index contributed by atoms with van der Waals surface area (Å²) in [6.07, 6.45) is 3.63. The maximum Gasteiger partial charge on any atom is 0.229 e. The number of amides is 2. The summed E-state index contributed by atoms with van der Waals surface area (Å²) in [6, 6.07) is 15.0. The van der Waals surface area contributed by atoms with Gasteiger partial charge in [0.25, 0.3) is 0 Å². The third-order valence-corrected chi connectivity index (χ3v) is 5.90. The molecule has 9 heteroatoms. The maximum absolute atomic E-state index is 12.2. The second kappa shape index (κ2) is 9.51. The minimum atomic E-state index is -0.0315. The smallest absolute Gasteiger partial charge is 0.229 e. The molecule has 1 heterocycles. The molecule has 0 aliphatic heterocycles. The largest absolute Gasteiger partial charge is 0.337 e. The van der Waals surface area contributed by atoms with Crippen LogP contribution in [0.5, 0.6) is 0 Å². The first-order chi connectivity index (χ1) is 15.4. The number of aromatic nitrogens is 2. The first-order valence-corrected chi connectivity index (χ1v) is 11.3. The third-order valence-electron chi connectivity index (χ3n) is 5.11. The van der Waals surface area contributed by atoms with Gasteiger partial charge in [-0.2, -0.15) is 4.98 Å². The number of carbonyl (C=O) groups is 2. The van der Waals surface area contributed by atoms with Crippen LogP contribution in [0.4, 0.5) is 34.5 Å². The molecule has 2 aromatic carbocycles. The summed E-state index contributed by atoms with van der Waals surface area (Å²) in [6.45, 7) is 1.52. The lowest BCUT2D eigenvalue weighted by Gasteiger charge is -2.16. The zero-order valence-corrected chi connectivity index (χ0v) is 19.9. The van der Waals surface area contributed by atoms with Gasteiger partial charge in [0.1, 0.15) is 5.82 Å². The highest BCUT2D eigenvalue weighted by Crippen LogP contribution is 2.33. The SMILES string of the molecule is CC(=O)N(C)c1ccc(Nc2ncc(I)c(Nc3ccccc3NC(=O)C3CC3)n2)cc1. The van der Waals surface area contributed by atoms with E-state index in [1.165, 1.54) is 6.92 Å². The highest BCUT2D eigenvalue weighted by Gasteiger charge is 2.30. The van der Waals surface area contributed by atoms with Crippen LogP contribution in [0.2, 0.25) is 0 Å². The van der Waals surface area contributed by atoms with Gasteiger partial charge in [0.15, 0.2) is 0 Å². The molecule has 2 amide bonds.